The Morgan fingerprint density at radius 2 is 1.42 bits per heavy atom. The van der Waals surface area contributed by atoms with E-state index in [2.05, 4.69) is 0 Å². The number of rotatable bonds is 9. The molecule has 36 heavy (non-hydrogen) atoms. The minimum atomic E-state index is -0.544. The maximum Gasteiger partial charge on any atom is 0.240 e. The molecule has 186 valence electrons. The molecule has 0 radical (unpaired) electrons. The highest BCUT2D eigenvalue weighted by atomic mass is 16.5. The molecule has 0 aliphatic rings. The number of hydrogen-bond acceptors (Lipinski definition) is 7. The normalized spacial score (nSPS) is 10.7. The second-order valence-electron chi connectivity index (χ2n) is 7.78. The van der Waals surface area contributed by atoms with Crippen LogP contribution in [0.2, 0.25) is 0 Å². The van der Waals surface area contributed by atoms with Crippen molar-refractivity contribution in [2.75, 3.05) is 27.9 Å². The molecule has 0 saturated heterocycles. The molecule has 3 aromatic carbocycles. The molecule has 0 saturated carbocycles. The lowest BCUT2D eigenvalue weighted by Gasteiger charge is -2.16. The topological polar surface area (TPSA) is 99.4 Å². The number of carbonyl (C=O) groups is 1. The molecular weight excluding hydrogens is 462 g/mol. The van der Waals surface area contributed by atoms with Gasteiger partial charge in [0.15, 0.2) is 11.5 Å². The molecule has 0 bridgehead atoms. The van der Waals surface area contributed by atoms with E-state index in [9.17, 15) is 15.0 Å². The van der Waals surface area contributed by atoms with Crippen molar-refractivity contribution in [3.63, 3.8) is 0 Å². The third-order valence-corrected chi connectivity index (χ3v) is 5.77. The number of aromatic hydroxyl groups is 2. The van der Waals surface area contributed by atoms with Gasteiger partial charge in [-0.2, -0.15) is 0 Å². The minimum Gasteiger partial charge on any atom is -0.503 e. The van der Waals surface area contributed by atoms with Gasteiger partial charge in [0.25, 0.3) is 0 Å². The molecule has 0 aliphatic heterocycles. The van der Waals surface area contributed by atoms with Crippen molar-refractivity contribution in [3.05, 3.63) is 77.9 Å². The second-order valence-corrected chi connectivity index (χ2v) is 7.78. The average Bonchev–Trinajstić information content (AvgIpc) is 3.18. The summed E-state index contributed by atoms with van der Waals surface area (Å²) >= 11 is 0. The molecule has 0 fully saturated rings. The first-order valence-corrected chi connectivity index (χ1v) is 11.2. The first kappa shape index (κ1) is 24.5. The summed E-state index contributed by atoms with van der Waals surface area (Å²) in [6, 6.07) is 18.5. The van der Waals surface area contributed by atoms with Gasteiger partial charge >= 0.3 is 0 Å². The zero-order valence-corrected chi connectivity index (χ0v) is 20.4. The smallest absolute Gasteiger partial charge is 0.240 e. The van der Waals surface area contributed by atoms with Crippen LogP contribution in [-0.4, -0.2) is 48.5 Å². The van der Waals surface area contributed by atoms with Gasteiger partial charge in [-0.1, -0.05) is 0 Å². The second kappa shape index (κ2) is 10.4. The Morgan fingerprint density at radius 3 is 2.00 bits per heavy atom. The van der Waals surface area contributed by atoms with Gasteiger partial charge in [0.2, 0.25) is 5.88 Å². The fraction of sp³-hybridized carbons (Fsp3) is 0.179. The minimum absolute atomic E-state index is 0.0732. The van der Waals surface area contributed by atoms with Crippen molar-refractivity contribution in [3.8, 4) is 51.6 Å². The summed E-state index contributed by atoms with van der Waals surface area (Å²) in [5.74, 6) is 0.664. The quantitative estimate of drug-likeness (QED) is 0.311. The molecule has 0 unspecified atom stereocenters. The van der Waals surface area contributed by atoms with Crippen LogP contribution in [0.25, 0.3) is 16.9 Å². The summed E-state index contributed by atoms with van der Waals surface area (Å²) in [6.45, 7) is 2.37. The average molecular weight is 490 g/mol. The lowest BCUT2D eigenvalue weighted by Crippen LogP contribution is -2.06. The van der Waals surface area contributed by atoms with Gasteiger partial charge in [-0.25, -0.2) is 0 Å². The first-order chi connectivity index (χ1) is 17.4. The Hall–Kier alpha value is -4.59. The standard InChI is InChI=1S/C28H27NO7/c1-5-36-20-10-6-17(7-11-20)26(30)24-25(22-15-14-21(34-3)16-23(22)35-4)29(28(32)27(24)31)18-8-12-19(33-2)13-9-18/h6-16,31-32H,5H2,1-4H3. The van der Waals surface area contributed by atoms with Gasteiger partial charge in [-0.05, 0) is 67.6 Å². The molecular formula is C28H27NO7. The van der Waals surface area contributed by atoms with E-state index >= 15 is 0 Å². The Balaban J connectivity index is 1.98. The molecule has 8 nitrogen and oxygen atoms in total. The Bertz CT molecular complexity index is 1370. The number of ether oxygens (including phenoxy) is 4. The SMILES string of the molecule is CCOc1ccc(C(=O)c2c(O)c(O)n(-c3ccc(OC)cc3)c2-c2ccc(OC)cc2OC)cc1. The van der Waals surface area contributed by atoms with Crippen LogP contribution >= 0.6 is 0 Å². The molecule has 4 rings (SSSR count). The third kappa shape index (κ3) is 4.40. The van der Waals surface area contributed by atoms with Gasteiger partial charge in [0, 0.05) is 22.9 Å². The van der Waals surface area contributed by atoms with E-state index in [1.807, 2.05) is 6.92 Å². The van der Waals surface area contributed by atoms with Gasteiger partial charge in [0.05, 0.1) is 39.2 Å². The lowest BCUT2D eigenvalue weighted by atomic mass is 9.98. The Morgan fingerprint density at radius 1 is 0.806 bits per heavy atom. The van der Waals surface area contributed by atoms with Crippen molar-refractivity contribution >= 4 is 5.78 Å². The third-order valence-electron chi connectivity index (χ3n) is 5.77. The maximum absolute atomic E-state index is 13.7. The summed E-state index contributed by atoms with van der Waals surface area (Å²) in [5, 5.41) is 22.1. The fourth-order valence-electron chi connectivity index (χ4n) is 4.01. The van der Waals surface area contributed by atoms with Crippen LogP contribution in [0.5, 0.6) is 34.6 Å². The van der Waals surface area contributed by atoms with Crippen LogP contribution in [0.3, 0.4) is 0 Å². The van der Waals surface area contributed by atoms with E-state index in [1.54, 1.807) is 73.8 Å². The molecule has 0 amide bonds. The van der Waals surface area contributed by atoms with Crippen molar-refractivity contribution in [1.82, 2.24) is 4.57 Å². The summed E-state index contributed by atoms with van der Waals surface area (Å²) < 4.78 is 23.0. The van der Waals surface area contributed by atoms with Crippen LogP contribution in [0.1, 0.15) is 22.8 Å². The van der Waals surface area contributed by atoms with E-state index in [-0.39, 0.29) is 11.3 Å². The Labute approximate surface area is 208 Å². The van der Waals surface area contributed by atoms with Gasteiger partial charge in [-0.15, -0.1) is 0 Å². The number of carbonyl (C=O) groups excluding carboxylic acids is 1. The van der Waals surface area contributed by atoms with E-state index in [1.165, 1.54) is 18.8 Å². The highest BCUT2D eigenvalue weighted by Gasteiger charge is 2.31. The number of ketones is 1. The predicted molar refractivity (Wildman–Crippen MR) is 135 cm³/mol. The highest BCUT2D eigenvalue weighted by Crippen LogP contribution is 2.47. The van der Waals surface area contributed by atoms with Crippen molar-refractivity contribution < 1.29 is 34.0 Å². The number of nitrogens with zero attached hydrogens (tertiary/aromatic N) is 1. The molecule has 0 spiro atoms. The first-order valence-electron chi connectivity index (χ1n) is 11.2. The molecule has 1 heterocycles. The van der Waals surface area contributed by atoms with Gasteiger partial charge in [0.1, 0.15) is 23.0 Å². The maximum atomic E-state index is 13.7. The summed E-state index contributed by atoms with van der Waals surface area (Å²) in [4.78, 5) is 13.7. The van der Waals surface area contributed by atoms with Crippen LogP contribution in [0.15, 0.2) is 66.7 Å². The van der Waals surface area contributed by atoms with E-state index in [4.69, 9.17) is 18.9 Å². The molecule has 1 aromatic heterocycles. The van der Waals surface area contributed by atoms with E-state index < -0.39 is 17.4 Å². The lowest BCUT2D eigenvalue weighted by molar-refractivity contribution is 0.103. The van der Waals surface area contributed by atoms with E-state index in [0.717, 1.165) is 0 Å². The zero-order chi connectivity index (χ0) is 25.8. The van der Waals surface area contributed by atoms with Crippen LogP contribution < -0.4 is 18.9 Å². The van der Waals surface area contributed by atoms with Crippen molar-refractivity contribution in [1.29, 1.82) is 0 Å². The number of benzene rings is 3. The summed E-state index contributed by atoms with van der Waals surface area (Å²) in [5.41, 5.74) is 1.47. The molecule has 0 aliphatic carbocycles. The van der Waals surface area contributed by atoms with Gasteiger partial charge in [-0.3, -0.25) is 9.36 Å². The molecule has 2 N–H and O–H groups in total. The fourth-order valence-corrected chi connectivity index (χ4v) is 4.01. The van der Waals surface area contributed by atoms with Crippen LogP contribution in [0.4, 0.5) is 0 Å². The number of aromatic nitrogens is 1. The van der Waals surface area contributed by atoms with Crippen LogP contribution in [-0.2, 0) is 0 Å². The largest absolute Gasteiger partial charge is 0.503 e. The van der Waals surface area contributed by atoms with Gasteiger partial charge < -0.3 is 29.2 Å². The number of methoxy groups -OCH3 is 3. The zero-order valence-electron chi connectivity index (χ0n) is 20.4. The monoisotopic (exact) mass is 489 g/mol. The highest BCUT2D eigenvalue weighted by molar-refractivity contribution is 6.15. The van der Waals surface area contributed by atoms with E-state index in [0.29, 0.717) is 46.4 Å². The number of hydrogen-bond donors (Lipinski definition) is 2. The van der Waals surface area contributed by atoms with Crippen molar-refractivity contribution in [2.24, 2.45) is 0 Å². The molecule has 0 atom stereocenters. The van der Waals surface area contributed by atoms with Crippen LogP contribution in [0, 0.1) is 0 Å². The van der Waals surface area contributed by atoms with Crippen molar-refractivity contribution in [2.45, 2.75) is 6.92 Å². The summed E-state index contributed by atoms with van der Waals surface area (Å²) in [6.07, 6.45) is 0. The predicted octanol–water partition coefficient (Wildman–Crippen LogP) is 5.21. The molecule has 8 heteroatoms. The summed E-state index contributed by atoms with van der Waals surface area (Å²) in [7, 11) is 4.58. The Kier molecular flexibility index (Phi) is 7.05. The molecule has 4 aromatic rings.